The van der Waals surface area contributed by atoms with Gasteiger partial charge in [0.25, 0.3) is 0 Å². The van der Waals surface area contributed by atoms with Crippen molar-refractivity contribution in [3.8, 4) is 0 Å². The van der Waals surface area contributed by atoms with E-state index in [0.717, 1.165) is 17.7 Å². The van der Waals surface area contributed by atoms with Gasteiger partial charge in [0.05, 0.1) is 0 Å². The van der Waals surface area contributed by atoms with Crippen LogP contribution in [0.5, 0.6) is 0 Å². The quantitative estimate of drug-likeness (QED) is 0.570. The van der Waals surface area contributed by atoms with E-state index in [-0.39, 0.29) is 0 Å². The first-order valence-corrected chi connectivity index (χ1v) is 6.87. The molecule has 2 aliphatic rings. The Balaban J connectivity index is 1.79. The molecule has 15 heavy (non-hydrogen) atoms. The number of nitrogens with zero attached hydrogens (tertiary/aromatic N) is 1. The molecule has 2 fully saturated rings. The van der Waals surface area contributed by atoms with E-state index in [9.17, 15) is 0 Å². The Morgan fingerprint density at radius 2 is 1.73 bits per heavy atom. The number of hydrogen-bond donors (Lipinski definition) is 1. The number of rotatable bonds is 3. The first-order chi connectivity index (χ1) is 7.24. The minimum Gasteiger partial charge on any atom is -0.299 e. The summed E-state index contributed by atoms with van der Waals surface area (Å²) >= 11 is 4.27. The van der Waals surface area contributed by atoms with Crippen LogP contribution in [0.1, 0.15) is 38.5 Å². The Labute approximate surface area is 99.3 Å². The van der Waals surface area contributed by atoms with Crippen molar-refractivity contribution in [3.05, 3.63) is 12.2 Å². The molecular formula is C13H23NS. The van der Waals surface area contributed by atoms with Crippen LogP contribution in [0.3, 0.4) is 0 Å². The summed E-state index contributed by atoms with van der Waals surface area (Å²) in [5.74, 6) is 0.835. The van der Waals surface area contributed by atoms with Crippen molar-refractivity contribution in [1.82, 2.24) is 4.90 Å². The molecule has 0 N–H and O–H groups in total. The van der Waals surface area contributed by atoms with E-state index in [2.05, 4.69) is 24.1 Å². The van der Waals surface area contributed by atoms with Crippen LogP contribution in [-0.4, -0.2) is 30.3 Å². The molecule has 1 saturated heterocycles. The minimum absolute atomic E-state index is 0.749. The zero-order valence-electron chi connectivity index (χ0n) is 9.67. The number of thiol groups is 1. The summed E-state index contributed by atoms with van der Waals surface area (Å²) in [5, 5.41) is 0. The van der Waals surface area contributed by atoms with Gasteiger partial charge >= 0.3 is 0 Å². The van der Waals surface area contributed by atoms with Gasteiger partial charge in [-0.05, 0) is 44.2 Å². The van der Waals surface area contributed by atoms with Crippen molar-refractivity contribution < 1.29 is 0 Å². The van der Waals surface area contributed by atoms with E-state index in [1.807, 2.05) is 0 Å². The summed E-state index contributed by atoms with van der Waals surface area (Å²) in [7, 11) is 0. The molecule has 1 spiro atoms. The molecule has 0 aromatic heterocycles. The SMILES string of the molecule is C=C(CS)CN1CCC2(CCCC2)CC1. The van der Waals surface area contributed by atoms with Gasteiger partial charge in [0.1, 0.15) is 0 Å². The van der Waals surface area contributed by atoms with Crippen LogP contribution in [0, 0.1) is 5.41 Å². The molecule has 0 amide bonds. The van der Waals surface area contributed by atoms with Crippen molar-refractivity contribution in [2.24, 2.45) is 5.41 Å². The molecule has 0 aromatic rings. The van der Waals surface area contributed by atoms with E-state index >= 15 is 0 Å². The van der Waals surface area contributed by atoms with Gasteiger partial charge in [0.2, 0.25) is 0 Å². The van der Waals surface area contributed by atoms with Crippen molar-refractivity contribution in [1.29, 1.82) is 0 Å². The molecule has 0 unspecified atom stereocenters. The van der Waals surface area contributed by atoms with Crippen LogP contribution in [0.2, 0.25) is 0 Å². The van der Waals surface area contributed by atoms with E-state index in [1.54, 1.807) is 0 Å². The average Bonchev–Trinajstić information content (AvgIpc) is 2.70. The predicted molar refractivity (Wildman–Crippen MR) is 69.6 cm³/mol. The highest BCUT2D eigenvalue weighted by molar-refractivity contribution is 7.80. The predicted octanol–water partition coefficient (Wildman–Crippen LogP) is 3.13. The number of hydrogen-bond acceptors (Lipinski definition) is 2. The molecule has 0 atom stereocenters. The fourth-order valence-corrected chi connectivity index (χ4v) is 3.28. The van der Waals surface area contributed by atoms with Crippen molar-refractivity contribution >= 4 is 12.6 Å². The molecule has 1 nitrogen and oxygen atoms in total. The third-order valence-corrected chi connectivity index (χ3v) is 4.70. The molecule has 1 heterocycles. The van der Waals surface area contributed by atoms with Crippen molar-refractivity contribution in [2.75, 3.05) is 25.4 Å². The van der Waals surface area contributed by atoms with Crippen LogP contribution in [0.15, 0.2) is 12.2 Å². The standard InChI is InChI=1S/C13H23NS/c1-12(11-15)10-14-8-6-13(7-9-14)4-2-3-5-13/h15H,1-11H2. The maximum Gasteiger partial charge on any atom is 0.0198 e. The lowest BCUT2D eigenvalue weighted by Gasteiger charge is -2.39. The van der Waals surface area contributed by atoms with Crippen LogP contribution < -0.4 is 0 Å². The highest BCUT2D eigenvalue weighted by Gasteiger charge is 2.36. The van der Waals surface area contributed by atoms with E-state index in [4.69, 9.17) is 0 Å². The lowest BCUT2D eigenvalue weighted by Crippen LogP contribution is -2.39. The molecule has 0 bridgehead atoms. The summed E-state index contributed by atoms with van der Waals surface area (Å²) in [5.41, 5.74) is 2.01. The zero-order chi connectivity index (χ0) is 10.7. The van der Waals surface area contributed by atoms with E-state index in [0.29, 0.717) is 0 Å². The third-order valence-electron chi connectivity index (χ3n) is 4.25. The van der Waals surface area contributed by atoms with E-state index < -0.39 is 0 Å². The fourth-order valence-electron chi connectivity index (χ4n) is 3.18. The van der Waals surface area contributed by atoms with Crippen LogP contribution in [-0.2, 0) is 0 Å². The van der Waals surface area contributed by atoms with Crippen LogP contribution >= 0.6 is 12.6 Å². The van der Waals surface area contributed by atoms with Crippen LogP contribution in [0.25, 0.3) is 0 Å². The van der Waals surface area contributed by atoms with Crippen molar-refractivity contribution in [2.45, 2.75) is 38.5 Å². The fraction of sp³-hybridized carbons (Fsp3) is 0.846. The molecule has 2 heteroatoms. The second-order valence-corrected chi connectivity index (χ2v) is 5.71. The summed E-state index contributed by atoms with van der Waals surface area (Å²) in [6, 6.07) is 0. The minimum atomic E-state index is 0.749. The first-order valence-electron chi connectivity index (χ1n) is 6.24. The van der Waals surface area contributed by atoms with Crippen molar-refractivity contribution in [3.63, 3.8) is 0 Å². The lowest BCUT2D eigenvalue weighted by atomic mass is 9.77. The Bertz CT molecular complexity index is 221. The molecular weight excluding hydrogens is 202 g/mol. The maximum absolute atomic E-state index is 4.27. The zero-order valence-corrected chi connectivity index (χ0v) is 10.6. The Hall–Kier alpha value is 0.0500. The Kier molecular flexibility index (Phi) is 3.78. The first kappa shape index (κ1) is 11.5. The largest absolute Gasteiger partial charge is 0.299 e. The molecule has 1 aliphatic heterocycles. The summed E-state index contributed by atoms with van der Waals surface area (Å²) in [6.45, 7) is 7.68. The number of piperidine rings is 1. The highest BCUT2D eigenvalue weighted by Crippen LogP contribution is 2.46. The monoisotopic (exact) mass is 225 g/mol. The van der Waals surface area contributed by atoms with E-state index in [1.165, 1.54) is 57.2 Å². The molecule has 0 radical (unpaired) electrons. The number of likely N-dealkylation sites (tertiary alicyclic amines) is 1. The van der Waals surface area contributed by atoms with Gasteiger partial charge in [0, 0.05) is 12.3 Å². The van der Waals surface area contributed by atoms with Gasteiger partial charge in [-0.15, -0.1) is 0 Å². The van der Waals surface area contributed by atoms with Gasteiger partial charge in [-0.25, -0.2) is 0 Å². The molecule has 86 valence electrons. The summed E-state index contributed by atoms with van der Waals surface area (Å²) in [6.07, 6.45) is 8.79. The topological polar surface area (TPSA) is 3.24 Å². The van der Waals surface area contributed by atoms with Gasteiger partial charge in [0.15, 0.2) is 0 Å². The highest BCUT2D eigenvalue weighted by atomic mass is 32.1. The average molecular weight is 225 g/mol. The summed E-state index contributed by atoms with van der Waals surface area (Å²) < 4.78 is 0. The van der Waals surface area contributed by atoms with Gasteiger partial charge in [-0.1, -0.05) is 25.0 Å². The molecule has 2 rings (SSSR count). The second-order valence-electron chi connectivity index (χ2n) is 5.39. The Morgan fingerprint density at radius 3 is 2.27 bits per heavy atom. The molecule has 1 aliphatic carbocycles. The summed E-state index contributed by atoms with van der Waals surface area (Å²) in [4.78, 5) is 2.56. The smallest absolute Gasteiger partial charge is 0.0198 e. The maximum atomic E-state index is 4.27. The van der Waals surface area contributed by atoms with Gasteiger partial charge in [-0.3, -0.25) is 4.90 Å². The molecule has 1 saturated carbocycles. The molecule has 0 aromatic carbocycles. The lowest BCUT2D eigenvalue weighted by molar-refractivity contribution is 0.116. The van der Waals surface area contributed by atoms with Gasteiger partial charge in [-0.2, -0.15) is 12.6 Å². The van der Waals surface area contributed by atoms with Gasteiger partial charge < -0.3 is 0 Å². The third kappa shape index (κ3) is 2.79. The normalized spacial score (nSPS) is 25.9. The second kappa shape index (κ2) is 4.92. The van der Waals surface area contributed by atoms with Crippen LogP contribution in [0.4, 0.5) is 0 Å². The Morgan fingerprint density at radius 1 is 1.13 bits per heavy atom.